The van der Waals surface area contributed by atoms with Crippen molar-refractivity contribution < 1.29 is 24.0 Å². The normalized spacial score (nSPS) is 16.3. The summed E-state index contributed by atoms with van der Waals surface area (Å²) >= 11 is 0. The Morgan fingerprint density at radius 1 is 1.34 bits per heavy atom. The van der Waals surface area contributed by atoms with Crippen LogP contribution in [0, 0.1) is 16.0 Å². The number of ether oxygens (including phenoxy) is 1. The van der Waals surface area contributed by atoms with Gasteiger partial charge < -0.3 is 15.0 Å². The zero-order valence-corrected chi connectivity index (χ0v) is 16.8. The van der Waals surface area contributed by atoms with Crippen LogP contribution in [-0.4, -0.2) is 48.6 Å². The van der Waals surface area contributed by atoms with Gasteiger partial charge in [-0.1, -0.05) is 6.92 Å². The zero-order chi connectivity index (χ0) is 21.6. The molecule has 29 heavy (non-hydrogen) atoms. The molecule has 0 saturated carbocycles. The zero-order valence-electron chi connectivity index (χ0n) is 16.8. The predicted molar refractivity (Wildman–Crippen MR) is 106 cm³/mol. The SMILES string of the molecule is CC(C)NC(=O)NC(=O)COC(=O)c1ccc(N2CCC[C@H](C)C2)c([N+](=O)[O-])c1. The van der Waals surface area contributed by atoms with Gasteiger partial charge in [-0.05, 0) is 44.7 Å². The third-order valence-electron chi connectivity index (χ3n) is 4.41. The third kappa shape index (κ3) is 6.44. The Hall–Kier alpha value is -3.17. The molecule has 0 bridgehead atoms. The van der Waals surface area contributed by atoms with Crippen LogP contribution in [0.4, 0.5) is 16.2 Å². The average molecular weight is 406 g/mol. The first-order chi connectivity index (χ1) is 13.7. The number of piperidine rings is 1. The van der Waals surface area contributed by atoms with Gasteiger partial charge in [-0.15, -0.1) is 0 Å². The van der Waals surface area contributed by atoms with Gasteiger partial charge in [0.1, 0.15) is 5.69 Å². The number of hydrogen-bond acceptors (Lipinski definition) is 7. The topological polar surface area (TPSA) is 131 Å². The fourth-order valence-electron chi connectivity index (χ4n) is 3.15. The number of imide groups is 1. The van der Waals surface area contributed by atoms with Crippen molar-refractivity contribution >= 4 is 29.3 Å². The van der Waals surface area contributed by atoms with Crippen LogP contribution in [0.5, 0.6) is 0 Å². The van der Waals surface area contributed by atoms with Crippen molar-refractivity contribution in [2.75, 3.05) is 24.6 Å². The van der Waals surface area contributed by atoms with E-state index in [4.69, 9.17) is 4.74 Å². The predicted octanol–water partition coefficient (Wildman–Crippen LogP) is 2.22. The number of benzene rings is 1. The molecule has 1 aromatic rings. The van der Waals surface area contributed by atoms with Gasteiger partial charge in [0, 0.05) is 25.2 Å². The van der Waals surface area contributed by atoms with Gasteiger partial charge >= 0.3 is 12.0 Å². The van der Waals surface area contributed by atoms with Gasteiger partial charge in [-0.25, -0.2) is 9.59 Å². The van der Waals surface area contributed by atoms with Crippen molar-refractivity contribution in [2.24, 2.45) is 5.92 Å². The van der Waals surface area contributed by atoms with E-state index in [1.807, 2.05) is 10.2 Å². The molecule has 158 valence electrons. The monoisotopic (exact) mass is 406 g/mol. The first-order valence-electron chi connectivity index (χ1n) is 9.48. The van der Waals surface area contributed by atoms with Gasteiger partial charge in [0.15, 0.2) is 6.61 Å². The molecule has 1 saturated heterocycles. The highest BCUT2D eigenvalue weighted by molar-refractivity contribution is 5.97. The van der Waals surface area contributed by atoms with Crippen LogP contribution in [-0.2, 0) is 9.53 Å². The Balaban J connectivity index is 2.03. The van der Waals surface area contributed by atoms with Crippen LogP contribution in [0.1, 0.15) is 44.0 Å². The molecule has 2 rings (SSSR count). The summed E-state index contributed by atoms with van der Waals surface area (Å²) in [4.78, 5) is 48.2. The summed E-state index contributed by atoms with van der Waals surface area (Å²) in [5, 5.41) is 16.0. The number of nitro benzene ring substituents is 1. The highest BCUT2D eigenvalue weighted by Gasteiger charge is 2.25. The number of amides is 3. The first-order valence-corrected chi connectivity index (χ1v) is 9.48. The molecule has 0 aromatic heterocycles. The number of esters is 1. The highest BCUT2D eigenvalue weighted by atomic mass is 16.6. The Morgan fingerprint density at radius 3 is 2.69 bits per heavy atom. The van der Waals surface area contributed by atoms with Gasteiger partial charge in [-0.3, -0.25) is 20.2 Å². The summed E-state index contributed by atoms with van der Waals surface area (Å²) in [5.41, 5.74) is 0.237. The van der Waals surface area contributed by atoms with E-state index in [0.717, 1.165) is 18.9 Å². The summed E-state index contributed by atoms with van der Waals surface area (Å²) in [7, 11) is 0. The van der Waals surface area contributed by atoms with E-state index in [1.165, 1.54) is 12.1 Å². The van der Waals surface area contributed by atoms with Gasteiger partial charge in [0.2, 0.25) is 0 Å². The van der Waals surface area contributed by atoms with Crippen molar-refractivity contribution in [1.82, 2.24) is 10.6 Å². The lowest BCUT2D eigenvalue weighted by atomic mass is 9.99. The molecule has 1 heterocycles. The largest absolute Gasteiger partial charge is 0.452 e. The van der Waals surface area contributed by atoms with Crippen LogP contribution in [0.25, 0.3) is 0 Å². The Bertz CT molecular complexity index is 795. The minimum atomic E-state index is -0.883. The number of anilines is 1. The Morgan fingerprint density at radius 2 is 2.07 bits per heavy atom. The average Bonchev–Trinajstić information content (AvgIpc) is 2.64. The van der Waals surface area contributed by atoms with E-state index in [-0.39, 0.29) is 17.3 Å². The van der Waals surface area contributed by atoms with Crippen molar-refractivity contribution in [3.63, 3.8) is 0 Å². The lowest BCUT2D eigenvalue weighted by Crippen LogP contribution is -2.44. The van der Waals surface area contributed by atoms with Crippen molar-refractivity contribution in [3.8, 4) is 0 Å². The van der Waals surface area contributed by atoms with Crippen LogP contribution >= 0.6 is 0 Å². The second-order valence-electron chi connectivity index (χ2n) is 7.41. The number of carbonyl (C=O) groups excluding carboxylic acids is 3. The summed E-state index contributed by atoms with van der Waals surface area (Å²) in [6.45, 7) is 6.30. The number of rotatable bonds is 6. The highest BCUT2D eigenvalue weighted by Crippen LogP contribution is 2.32. The molecule has 10 heteroatoms. The first kappa shape index (κ1) is 22.1. The number of nitro groups is 1. The number of nitrogens with zero attached hydrogens (tertiary/aromatic N) is 2. The minimum Gasteiger partial charge on any atom is -0.452 e. The van der Waals surface area contributed by atoms with Crippen molar-refractivity contribution in [1.29, 1.82) is 0 Å². The molecule has 1 atom stereocenters. The smallest absolute Gasteiger partial charge is 0.338 e. The molecule has 1 aliphatic heterocycles. The van der Waals surface area contributed by atoms with E-state index in [1.54, 1.807) is 13.8 Å². The molecule has 1 aromatic carbocycles. The van der Waals surface area contributed by atoms with E-state index >= 15 is 0 Å². The molecular formula is C19H26N4O6. The van der Waals surface area contributed by atoms with Crippen LogP contribution in [0.2, 0.25) is 0 Å². The fraction of sp³-hybridized carbons (Fsp3) is 0.526. The quantitative estimate of drug-likeness (QED) is 0.421. The number of urea groups is 1. The lowest BCUT2D eigenvalue weighted by molar-refractivity contribution is -0.384. The van der Waals surface area contributed by atoms with Crippen molar-refractivity contribution in [3.05, 3.63) is 33.9 Å². The lowest BCUT2D eigenvalue weighted by Gasteiger charge is -2.32. The van der Waals surface area contributed by atoms with Crippen LogP contribution in [0.3, 0.4) is 0 Å². The van der Waals surface area contributed by atoms with Gasteiger partial charge in [0.05, 0.1) is 10.5 Å². The van der Waals surface area contributed by atoms with Gasteiger partial charge in [0.25, 0.3) is 11.6 Å². The summed E-state index contributed by atoms with van der Waals surface area (Å²) in [6, 6.07) is 3.26. The van der Waals surface area contributed by atoms with E-state index < -0.39 is 29.4 Å². The molecular weight excluding hydrogens is 380 g/mol. The molecule has 1 aliphatic rings. The standard InChI is InChI=1S/C19H26N4O6/c1-12(2)20-19(26)21-17(24)11-29-18(25)14-6-7-15(16(9-14)23(27)28)22-8-4-5-13(3)10-22/h6-7,9,12-13H,4-5,8,10-11H2,1-3H3,(H2,20,21,24,26)/t13-/m0/s1. The third-order valence-corrected chi connectivity index (χ3v) is 4.41. The number of carbonyl (C=O) groups is 3. The van der Waals surface area contributed by atoms with Gasteiger partial charge in [-0.2, -0.15) is 0 Å². The summed E-state index contributed by atoms with van der Waals surface area (Å²) in [5.74, 6) is -1.25. The molecule has 0 spiro atoms. The minimum absolute atomic E-state index is 0.0371. The molecule has 0 radical (unpaired) electrons. The van der Waals surface area contributed by atoms with Crippen LogP contribution < -0.4 is 15.5 Å². The number of hydrogen-bond donors (Lipinski definition) is 2. The molecule has 0 aliphatic carbocycles. The molecule has 3 amide bonds. The Kier molecular flexibility index (Phi) is 7.52. The fourth-order valence-corrected chi connectivity index (χ4v) is 3.15. The van der Waals surface area contributed by atoms with E-state index in [9.17, 15) is 24.5 Å². The molecule has 2 N–H and O–H groups in total. The maximum atomic E-state index is 12.2. The molecule has 1 fully saturated rings. The molecule has 0 unspecified atom stereocenters. The van der Waals surface area contributed by atoms with E-state index in [0.29, 0.717) is 24.7 Å². The van der Waals surface area contributed by atoms with Crippen molar-refractivity contribution in [2.45, 2.75) is 39.7 Å². The van der Waals surface area contributed by atoms with Crippen LogP contribution in [0.15, 0.2) is 18.2 Å². The summed E-state index contributed by atoms with van der Waals surface area (Å²) < 4.78 is 4.87. The Labute approximate surface area is 168 Å². The number of nitrogens with one attached hydrogen (secondary N) is 2. The second-order valence-corrected chi connectivity index (χ2v) is 7.41. The van der Waals surface area contributed by atoms with E-state index in [2.05, 4.69) is 12.2 Å². The second kappa shape index (κ2) is 9.85. The molecule has 10 nitrogen and oxygen atoms in total. The summed E-state index contributed by atoms with van der Waals surface area (Å²) in [6.07, 6.45) is 2.02. The maximum absolute atomic E-state index is 12.2. The maximum Gasteiger partial charge on any atom is 0.338 e.